The maximum Gasteiger partial charge on any atom is 0.287 e. The summed E-state index contributed by atoms with van der Waals surface area (Å²) in [5.41, 5.74) is 7.69. The number of nitrogens with two attached hydrogens (primary N) is 1. The molecule has 8 heteroatoms. The number of aromatic nitrogens is 2. The van der Waals surface area contributed by atoms with Crippen molar-refractivity contribution >= 4 is 39.0 Å². The van der Waals surface area contributed by atoms with E-state index in [9.17, 15) is 14.4 Å². The van der Waals surface area contributed by atoms with Gasteiger partial charge in [0.2, 0.25) is 5.78 Å². The van der Waals surface area contributed by atoms with Crippen LogP contribution in [0.3, 0.4) is 0 Å². The van der Waals surface area contributed by atoms with Gasteiger partial charge in [0, 0.05) is 29.9 Å². The van der Waals surface area contributed by atoms with E-state index in [4.69, 9.17) is 5.73 Å². The van der Waals surface area contributed by atoms with Gasteiger partial charge in [0.05, 0.1) is 5.56 Å². The number of benzene rings is 2. The number of primary amides is 1. The second kappa shape index (κ2) is 8.53. The minimum Gasteiger partial charge on any atom is -0.363 e. The monoisotopic (exact) mass is 432 g/mol. The topological polar surface area (TPSA) is 107 Å². The number of nitrogens with zero attached hydrogens (tertiary/aromatic N) is 2. The Labute approximate surface area is 182 Å². The van der Waals surface area contributed by atoms with Gasteiger partial charge in [-0.05, 0) is 22.4 Å². The molecular formula is C23H20N4O3S. The number of ketones is 1. The third kappa shape index (κ3) is 4.24. The number of Topliss-reactive ketones (excluding diaryl/α,β-unsaturated/α-hetero) is 1. The van der Waals surface area contributed by atoms with Gasteiger partial charge in [-0.15, -0.1) is 11.3 Å². The molecule has 156 valence electrons. The molecule has 0 aliphatic heterocycles. The third-order valence-electron chi connectivity index (χ3n) is 4.95. The van der Waals surface area contributed by atoms with Crippen LogP contribution in [0.15, 0.2) is 66.2 Å². The van der Waals surface area contributed by atoms with Crippen molar-refractivity contribution < 1.29 is 14.4 Å². The molecule has 2 aromatic heterocycles. The maximum atomic E-state index is 13.2. The molecule has 2 amide bonds. The molecule has 0 fully saturated rings. The maximum absolute atomic E-state index is 13.2. The highest BCUT2D eigenvalue weighted by Gasteiger charge is 2.28. The minimum absolute atomic E-state index is 0.157. The van der Waals surface area contributed by atoms with Crippen molar-refractivity contribution in [3.8, 4) is 11.3 Å². The summed E-state index contributed by atoms with van der Waals surface area (Å²) in [6.07, 6.45) is 1.76. The molecule has 0 aliphatic carbocycles. The zero-order valence-corrected chi connectivity index (χ0v) is 17.6. The van der Waals surface area contributed by atoms with Crippen molar-refractivity contribution in [3.63, 3.8) is 0 Å². The normalized spacial score (nSPS) is 11.9. The average Bonchev–Trinajstić information content (AvgIpc) is 3.39. The second-order valence-corrected chi connectivity index (χ2v) is 8.07. The molecule has 0 bridgehead atoms. The van der Waals surface area contributed by atoms with E-state index in [1.807, 2.05) is 60.0 Å². The number of amides is 2. The molecule has 3 N–H and O–H groups in total. The fourth-order valence-electron chi connectivity index (χ4n) is 3.50. The van der Waals surface area contributed by atoms with Crippen molar-refractivity contribution in [2.24, 2.45) is 12.8 Å². The molecule has 7 nitrogen and oxygen atoms in total. The van der Waals surface area contributed by atoms with Gasteiger partial charge in [0.1, 0.15) is 11.7 Å². The van der Waals surface area contributed by atoms with Crippen molar-refractivity contribution in [1.29, 1.82) is 0 Å². The van der Waals surface area contributed by atoms with Crippen molar-refractivity contribution in [1.82, 2.24) is 15.1 Å². The third-order valence-corrected chi connectivity index (χ3v) is 5.92. The summed E-state index contributed by atoms with van der Waals surface area (Å²) in [7, 11) is 1.73. The van der Waals surface area contributed by atoms with Gasteiger partial charge < -0.3 is 11.1 Å². The minimum atomic E-state index is -1.09. The number of aryl methyl sites for hydroxylation is 1. The Morgan fingerprint density at radius 2 is 1.87 bits per heavy atom. The molecule has 0 aliphatic rings. The van der Waals surface area contributed by atoms with Gasteiger partial charge in [-0.25, -0.2) is 0 Å². The lowest BCUT2D eigenvalue weighted by Gasteiger charge is -2.16. The van der Waals surface area contributed by atoms with Crippen molar-refractivity contribution in [2.45, 2.75) is 12.5 Å². The van der Waals surface area contributed by atoms with Crippen LogP contribution in [-0.4, -0.2) is 33.4 Å². The Morgan fingerprint density at radius 1 is 1.10 bits per heavy atom. The molecule has 2 aromatic carbocycles. The summed E-state index contributed by atoms with van der Waals surface area (Å²) in [6.45, 7) is 0. The largest absolute Gasteiger partial charge is 0.363 e. The number of hydrogen-bond acceptors (Lipinski definition) is 5. The lowest BCUT2D eigenvalue weighted by atomic mass is 10.0. The molecule has 1 unspecified atom stereocenters. The molecule has 4 rings (SSSR count). The van der Waals surface area contributed by atoms with Gasteiger partial charge in [-0.3, -0.25) is 19.1 Å². The number of carbonyl (C=O) groups is 3. The standard InChI is InChI=1S/C23H20N4O3S/c1-27-13-17(19(26-27)16-9-5-8-15-10-11-31-21(15)16)23(30)25-18(20(28)22(24)29)12-14-6-3-2-4-7-14/h2-11,13,18H,12H2,1H3,(H2,24,29)(H,25,30). The van der Waals surface area contributed by atoms with E-state index in [0.29, 0.717) is 11.3 Å². The smallest absolute Gasteiger partial charge is 0.287 e. The zero-order chi connectivity index (χ0) is 22.0. The number of thiophene rings is 1. The zero-order valence-electron chi connectivity index (χ0n) is 16.7. The Hall–Kier alpha value is -3.78. The van der Waals surface area contributed by atoms with Gasteiger partial charge in [0.25, 0.3) is 11.8 Å². The van der Waals surface area contributed by atoms with Crippen LogP contribution in [0, 0.1) is 0 Å². The molecule has 4 aromatic rings. The van der Waals surface area contributed by atoms with E-state index in [2.05, 4.69) is 10.4 Å². The van der Waals surface area contributed by atoms with Gasteiger partial charge >= 0.3 is 0 Å². The fraction of sp³-hybridized carbons (Fsp3) is 0.130. The highest BCUT2D eigenvalue weighted by Crippen LogP contribution is 2.33. The van der Waals surface area contributed by atoms with Crippen LogP contribution in [0.4, 0.5) is 0 Å². The first-order valence-corrected chi connectivity index (χ1v) is 10.5. The van der Waals surface area contributed by atoms with E-state index in [1.54, 1.807) is 29.3 Å². The van der Waals surface area contributed by atoms with Gasteiger partial charge in [-0.2, -0.15) is 5.10 Å². The number of nitrogens with one attached hydrogen (secondary N) is 1. The van der Waals surface area contributed by atoms with Crippen LogP contribution in [0.5, 0.6) is 0 Å². The Bertz CT molecular complexity index is 1280. The quantitative estimate of drug-likeness (QED) is 0.438. The average molecular weight is 433 g/mol. The van der Waals surface area contributed by atoms with Crippen LogP contribution in [-0.2, 0) is 23.1 Å². The van der Waals surface area contributed by atoms with E-state index < -0.39 is 23.6 Å². The van der Waals surface area contributed by atoms with Crippen LogP contribution >= 0.6 is 11.3 Å². The van der Waals surface area contributed by atoms with Crippen LogP contribution < -0.4 is 11.1 Å². The molecule has 0 saturated heterocycles. The summed E-state index contributed by atoms with van der Waals surface area (Å²) in [5.74, 6) is -2.42. The highest BCUT2D eigenvalue weighted by atomic mass is 32.1. The Morgan fingerprint density at radius 3 is 2.61 bits per heavy atom. The Kier molecular flexibility index (Phi) is 5.64. The van der Waals surface area contributed by atoms with E-state index in [0.717, 1.165) is 21.2 Å². The fourth-order valence-corrected chi connectivity index (χ4v) is 4.41. The van der Waals surface area contributed by atoms with E-state index in [-0.39, 0.29) is 6.42 Å². The molecule has 2 heterocycles. The first kappa shape index (κ1) is 20.5. The SMILES string of the molecule is Cn1cc(C(=O)NC(Cc2ccccc2)C(=O)C(N)=O)c(-c2cccc3ccsc23)n1. The molecule has 0 radical (unpaired) electrons. The van der Waals surface area contributed by atoms with Crippen molar-refractivity contribution in [3.05, 3.63) is 77.3 Å². The van der Waals surface area contributed by atoms with E-state index in [1.165, 1.54) is 0 Å². The molecule has 0 spiro atoms. The molecule has 1 atom stereocenters. The predicted octanol–water partition coefficient (Wildman–Crippen LogP) is 2.70. The number of hydrogen-bond donors (Lipinski definition) is 2. The molecule has 0 saturated carbocycles. The number of fused-ring (bicyclic) bond motifs is 1. The summed E-state index contributed by atoms with van der Waals surface area (Å²) < 4.78 is 2.57. The van der Waals surface area contributed by atoms with Gasteiger partial charge in [-0.1, -0.05) is 48.5 Å². The van der Waals surface area contributed by atoms with Crippen LogP contribution in [0.2, 0.25) is 0 Å². The molecule has 31 heavy (non-hydrogen) atoms. The van der Waals surface area contributed by atoms with E-state index >= 15 is 0 Å². The Balaban J connectivity index is 1.68. The second-order valence-electron chi connectivity index (χ2n) is 7.15. The molecular weight excluding hydrogens is 412 g/mol. The lowest BCUT2D eigenvalue weighted by Crippen LogP contribution is -2.47. The predicted molar refractivity (Wildman–Crippen MR) is 120 cm³/mol. The van der Waals surface area contributed by atoms with Crippen molar-refractivity contribution in [2.75, 3.05) is 0 Å². The van der Waals surface area contributed by atoms with Gasteiger partial charge in [0.15, 0.2) is 0 Å². The summed E-state index contributed by atoms with van der Waals surface area (Å²) in [4.78, 5) is 37.2. The summed E-state index contributed by atoms with van der Waals surface area (Å²) >= 11 is 1.57. The summed E-state index contributed by atoms with van der Waals surface area (Å²) in [5, 5.41) is 10.2. The number of carbonyl (C=O) groups excluding carboxylic acids is 3. The summed E-state index contributed by atoms with van der Waals surface area (Å²) in [6, 6.07) is 15.9. The first-order valence-electron chi connectivity index (χ1n) is 9.62. The lowest BCUT2D eigenvalue weighted by molar-refractivity contribution is -0.137. The highest BCUT2D eigenvalue weighted by molar-refractivity contribution is 7.17. The van der Waals surface area contributed by atoms with Crippen LogP contribution in [0.1, 0.15) is 15.9 Å². The number of rotatable bonds is 7. The first-order chi connectivity index (χ1) is 14.9. The van der Waals surface area contributed by atoms with Crippen LogP contribution in [0.25, 0.3) is 21.3 Å².